The van der Waals surface area contributed by atoms with E-state index < -0.39 is 0 Å². The Balaban J connectivity index is 1.72. The minimum Gasteiger partial charge on any atom is -0.381 e. The molecule has 1 aromatic heterocycles. The second-order valence-electron chi connectivity index (χ2n) is 6.39. The Labute approximate surface area is 127 Å². The van der Waals surface area contributed by atoms with Crippen LogP contribution in [0.1, 0.15) is 43.1 Å². The molecule has 1 aromatic rings. The summed E-state index contributed by atoms with van der Waals surface area (Å²) in [6.45, 7) is 6.02. The predicted molar refractivity (Wildman–Crippen MR) is 83.7 cm³/mol. The average molecular weight is 290 g/mol. The van der Waals surface area contributed by atoms with Crippen LogP contribution in [0.25, 0.3) is 0 Å². The van der Waals surface area contributed by atoms with Gasteiger partial charge in [-0.25, -0.2) is 9.97 Å². The van der Waals surface area contributed by atoms with E-state index in [1.165, 1.54) is 19.4 Å². The zero-order valence-electron chi connectivity index (χ0n) is 13.1. The van der Waals surface area contributed by atoms with Crippen LogP contribution in [0, 0.1) is 6.92 Å². The van der Waals surface area contributed by atoms with Crippen molar-refractivity contribution < 1.29 is 4.74 Å². The number of hydrogen-bond acceptors (Lipinski definition) is 5. The van der Waals surface area contributed by atoms with Gasteiger partial charge in [0.15, 0.2) is 0 Å². The van der Waals surface area contributed by atoms with Crippen LogP contribution in [0.2, 0.25) is 0 Å². The number of aromatic nitrogens is 2. The van der Waals surface area contributed by atoms with E-state index in [9.17, 15) is 0 Å². The number of nitrogens with one attached hydrogen (secondary N) is 1. The molecular weight excluding hydrogens is 264 g/mol. The summed E-state index contributed by atoms with van der Waals surface area (Å²) in [7, 11) is 2.18. The second kappa shape index (κ2) is 6.71. The summed E-state index contributed by atoms with van der Waals surface area (Å²) in [4.78, 5) is 11.9. The molecule has 0 aromatic carbocycles. The van der Waals surface area contributed by atoms with Gasteiger partial charge in [-0.05, 0) is 46.2 Å². The van der Waals surface area contributed by atoms with Crippen molar-refractivity contribution in [2.45, 2.75) is 44.6 Å². The van der Waals surface area contributed by atoms with E-state index in [1.807, 2.05) is 0 Å². The molecule has 5 heteroatoms. The largest absolute Gasteiger partial charge is 0.381 e. The maximum atomic E-state index is 5.41. The summed E-state index contributed by atoms with van der Waals surface area (Å²) in [6, 6.07) is 2.54. The molecule has 1 N–H and O–H groups in total. The molecule has 1 unspecified atom stereocenters. The minimum atomic E-state index is 0.471. The van der Waals surface area contributed by atoms with E-state index in [2.05, 4.69) is 35.2 Å². The molecule has 2 saturated heterocycles. The number of anilines is 1. The van der Waals surface area contributed by atoms with Gasteiger partial charge in [0.1, 0.15) is 11.6 Å². The van der Waals surface area contributed by atoms with Gasteiger partial charge >= 0.3 is 0 Å². The molecule has 0 aliphatic carbocycles. The Hall–Kier alpha value is -1.20. The molecule has 116 valence electrons. The van der Waals surface area contributed by atoms with Crippen molar-refractivity contribution in [2.24, 2.45) is 0 Å². The van der Waals surface area contributed by atoms with Crippen LogP contribution in [0.3, 0.4) is 0 Å². The van der Waals surface area contributed by atoms with Gasteiger partial charge in [-0.15, -0.1) is 0 Å². The lowest BCUT2D eigenvalue weighted by Gasteiger charge is -2.29. The lowest BCUT2D eigenvalue weighted by Crippen LogP contribution is -2.32. The molecule has 2 fully saturated rings. The first-order valence-electron chi connectivity index (χ1n) is 8.09. The summed E-state index contributed by atoms with van der Waals surface area (Å²) in [5, 5.41) is 3.57. The van der Waals surface area contributed by atoms with E-state index in [0.29, 0.717) is 12.0 Å². The van der Waals surface area contributed by atoms with Crippen LogP contribution in [0.5, 0.6) is 0 Å². The van der Waals surface area contributed by atoms with Crippen molar-refractivity contribution in [3.63, 3.8) is 0 Å². The topological polar surface area (TPSA) is 50.3 Å². The van der Waals surface area contributed by atoms with E-state index >= 15 is 0 Å². The first-order chi connectivity index (χ1) is 10.2. The van der Waals surface area contributed by atoms with Crippen molar-refractivity contribution in [1.82, 2.24) is 14.9 Å². The van der Waals surface area contributed by atoms with E-state index in [1.54, 1.807) is 0 Å². The maximum absolute atomic E-state index is 5.41. The summed E-state index contributed by atoms with van der Waals surface area (Å²) in [5.41, 5.74) is 1.06. The lowest BCUT2D eigenvalue weighted by atomic mass is 9.97. The van der Waals surface area contributed by atoms with E-state index in [0.717, 1.165) is 49.9 Å². The number of likely N-dealkylation sites (N-methyl/N-ethyl adjacent to an activating group) is 1. The molecule has 0 amide bonds. The molecule has 0 saturated carbocycles. The second-order valence-corrected chi connectivity index (χ2v) is 6.39. The third-order valence-electron chi connectivity index (χ3n) is 4.43. The van der Waals surface area contributed by atoms with Gasteiger partial charge in [0.25, 0.3) is 0 Å². The molecule has 5 nitrogen and oxygen atoms in total. The highest BCUT2D eigenvalue weighted by atomic mass is 16.5. The maximum Gasteiger partial charge on any atom is 0.135 e. The number of aryl methyl sites for hydroxylation is 1. The van der Waals surface area contributed by atoms with Gasteiger partial charge in [0.05, 0.1) is 0 Å². The minimum absolute atomic E-state index is 0.471. The number of nitrogens with zero attached hydrogens (tertiary/aromatic N) is 3. The molecule has 2 aliphatic rings. The quantitative estimate of drug-likeness (QED) is 0.924. The van der Waals surface area contributed by atoms with Gasteiger partial charge < -0.3 is 15.0 Å². The highest BCUT2D eigenvalue weighted by Crippen LogP contribution is 2.25. The Morgan fingerprint density at radius 1 is 1.24 bits per heavy atom. The molecule has 0 spiro atoms. The predicted octanol–water partition coefficient (Wildman–Crippen LogP) is 2.19. The number of hydrogen-bond donors (Lipinski definition) is 1. The molecular formula is C16H26N4O. The van der Waals surface area contributed by atoms with Gasteiger partial charge in [-0.2, -0.15) is 0 Å². The Morgan fingerprint density at radius 2 is 2.05 bits per heavy atom. The first kappa shape index (κ1) is 14.7. The summed E-state index contributed by atoms with van der Waals surface area (Å²) in [5.74, 6) is 2.47. The molecule has 3 rings (SSSR count). The number of piperidine rings is 1. The highest BCUT2D eigenvalue weighted by Gasteiger charge is 2.22. The fourth-order valence-corrected chi connectivity index (χ4v) is 3.28. The smallest absolute Gasteiger partial charge is 0.135 e. The normalized spacial score (nSPS) is 25.0. The number of likely N-dealkylation sites (tertiary alicyclic amines) is 1. The lowest BCUT2D eigenvalue weighted by molar-refractivity contribution is 0.0904. The Morgan fingerprint density at radius 3 is 2.81 bits per heavy atom. The first-order valence-corrected chi connectivity index (χ1v) is 8.09. The van der Waals surface area contributed by atoms with Crippen LogP contribution in [-0.2, 0) is 4.74 Å². The van der Waals surface area contributed by atoms with Crippen molar-refractivity contribution in [1.29, 1.82) is 0 Å². The molecule has 0 radical (unpaired) electrons. The van der Waals surface area contributed by atoms with Crippen LogP contribution in [-0.4, -0.2) is 54.3 Å². The SMILES string of the molecule is Cc1cc(NC2CCOCC2)nc(C2CCCN(C)C2)n1. The van der Waals surface area contributed by atoms with Crippen LogP contribution >= 0.6 is 0 Å². The summed E-state index contributed by atoms with van der Waals surface area (Å²) >= 11 is 0. The third-order valence-corrected chi connectivity index (χ3v) is 4.43. The Bertz CT molecular complexity index is 473. The summed E-state index contributed by atoms with van der Waals surface area (Å²) in [6.07, 6.45) is 4.56. The highest BCUT2D eigenvalue weighted by molar-refractivity contribution is 5.37. The number of rotatable bonds is 3. The van der Waals surface area contributed by atoms with Crippen molar-refractivity contribution in [2.75, 3.05) is 38.7 Å². The molecule has 2 aliphatic heterocycles. The van der Waals surface area contributed by atoms with Gasteiger partial charge in [0.2, 0.25) is 0 Å². The van der Waals surface area contributed by atoms with Crippen LogP contribution < -0.4 is 5.32 Å². The van der Waals surface area contributed by atoms with Gasteiger partial charge in [-0.3, -0.25) is 0 Å². The van der Waals surface area contributed by atoms with Crippen LogP contribution in [0.15, 0.2) is 6.07 Å². The molecule has 1 atom stereocenters. The molecule has 21 heavy (non-hydrogen) atoms. The standard InChI is InChI=1S/C16H26N4O/c1-12-10-15(18-14-5-8-21-9-6-14)19-16(17-12)13-4-3-7-20(2)11-13/h10,13-14H,3-9,11H2,1-2H3,(H,17,18,19). The fraction of sp³-hybridized carbons (Fsp3) is 0.750. The zero-order valence-corrected chi connectivity index (χ0v) is 13.1. The van der Waals surface area contributed by atoms with E-state index in [-0.39, 0.29) is 0 Å². The van der Waals surface area contributed by atoms with Gasteiger partial charge in [0, 0.05) is 43.5 Å². The van der Waals surface area contributed by atoms with Crippen molar-refractivity contribution >= 4 is 5.82 Å². The third kappa shape index (κ3) is 3.92. The molecule has 0 bridgehead atoms. The zero-order chi connectivity index (χ0) is 14.7. The molecule has 3 heterocycles. The Kier molecular flexibility index (Phi) is 4.70. The van der Waals surface area contributed by atoms with Gasteiger partial charge in [-0.1, -0.05) is 0 Å². The fourth-order valence-electron chi connectivity index (χ4n) is 3.28. The monoisotopic (exact) mass is 290 g/mol. The van der Waals surface area contributed by atoms with Crippen molar-refractivity contribution in [3.8, 4) is 0 Å². The number of ether oxygens (including phenoxy) is 1. The van der Waals surface area contributed by atoms with E-state index in [4.69, 9.17) is 9.72 Å². The van der Waals surface area contributed by atoms with Crippen LogP contribution in [0.4, 0.5) is 5.82 Å². The summed E-state index contributed by atoms with van der Waals surface area (Å²) < 4.78 is 5.41. The van der Waals surface area contributed by atoms with Crippen molar-refractivity contribution in [3.05, 3.63) is 17.6 Å². The average Bonchev–Trinajstić information content (AvgIpc) is 2.48.